The third kappa shape index (κ3) is 6.14. The Hall–Kier alpha value is -2.41. The summed E-state index contributed by atoms with van der Waals surface area (Å²) in [6, 6.07) is 19.2. The molecule has 0 radical (unpaired) electrons. The fraction of sp³-hybridized carbons (Fsp3) is 0.438. The van der Waals surface area contributed by atoms with E-state index in [0.29, 0.717) is 0 Å². The van der Waals surface area contributed by atoms with Crippen molar-refractivity contribution in [3.63, 3.8) is 0 Å². The van der Waals surface area contributed by atoms with Crippen LogP contribution in [0.25, 0.3) is 21.9 Å². The molecule has 0 nitrogen and oxygen atoms in total. The first kappa shape index (κ1) is 23.7. The van der Waals surface area contributed by atoms with Crippen molar-refractivity contribution in [1.29, 1.82) is 0 Å². The lowest BCUT2D eigenvalue weighted by Crippen LogP contribution is -2.15. The van der Waals surface area contributed by atoms with E-state index >= 15 is 0 Å². The Morgan fingerprint density at radius 2 is 1.52 bits per heavy atom. The van der Waals surface area contributed by atoms with Crippen molar-refractivity contribution in [3.05, 3.63) is 83.7 Å². The Labute approximate surface area is 199 Å². The maximum absolute atomic E-state index is 15.0. The first-order valence-electron chi connectivity index (χ1n) is 13.1. The number of hydrogen-bond acceptors (Lipinski definition) is 0. The molecular formula is C32H39F. The molecular weight excluding hydrogens is 403 g/mol. The minimum Gasteiger partial charge on any atom is -0.206 e. The van der Waals surface area contributed by atoms with Crippen molar-refractivity contribution in [3.8, 4) is 11.1 Å². The van der Waals surface area contributed by atoms with E-state index in [9.17, 15) is 4.39 Å². The normalized spacial score (nSPS) is 18.9. The molecule has 3 aromatic carbocycles. The Morgan fingerprint density at radius 1 is 0.818 bits per heavy atom. The van der Waals surface area contributed by atoms with Gasteiger partial charge in [0.25, 0.3) is 0 Å². The molecule has 0 aliphatic heterocycles. The van der Waals surface area contributed by atoms with E-state index in [1.54, 1.807) is 0 Å². The van der Waals surface area contributed by atoms with Crippen molar-refractivity contribution in [1.82, 2.24) is 0 Å². The highest BCUT2D eigenvalue weighted by molar-refractivity contribution is 5.88. The van der Waals surface area contributed by atoms with Gasteiger partial charge in [-0.1, -0.05) is 106 Å². The fourth-order valence-electron chi connectivity index (χ4n) is 5.57. The molecule has 0 bridgehead atoms. The van der Waals surface area contributed by atoms with Gasteiger partial charge in [-0.05, 0) is 78.1 Å². The molecule has 0 unspecified atom stereocenters. The van der Waals surface area contributed by atoms with Crippen LogP contribution in [-0.2, 0) is 12.8 Å². The standard InChI is InChI=1S/C32H39F/c1-3-5-6-8-28-19-20-30-23-29(21-22-31(30)32(28)33)27-17-15-26(16-18-27)14-13-25-11-9-24(7-4-2)10-12-25/h3,5,15-25H,4,6-14H2,1-2H3/b5-3+. The lowest BCUT2D eigenvalue weighted by molar-refractivity contribution is 0.252. The molecule has 1 aliphatic rings. The van der Waals surface area contributed by atoms with Gasteiger partial charge in [-0.25, -0.2) is 4.39 Å². The summed E-state index contributed by atoms with van der Waals surface area (Å²) in [6.07, 6.45) is 16.7. The third-order valence-electron chi connectivity index (χ3n) is 7.64. The largest absolute Gasteiger partial charge is 0.206 e. The average Bonchev–Trinajstić information content (AvgIpc) is 2.85. The zero-order valence-corrected chi connectivity index (χ0v) is 20.5. The first-order chi connectivity index (χ1) is 16.2. The van der Waals surface area contributed by atoms with Gasteiger partial charge in [-0.3, -0.25) is 0 Å². The summed E-state index contributed by atoms with van der Waals surface area (Å²) >= 11 is 0. The molecule has 0 aromatic heterocycles. The average molecular weight is 443 g/mol. The van der Waals surface area contributed by atoms with Crippen molar-refractivity contribution < 1.29 is 4.39 Å². The molecule has 1 aliphatic carbocycles. The second kappa shape index (κ2) is 11.6. The maximum atomic E-state index is 15.0. The first-order valence-corrected chi connectivity index (χ1v) is 13.1. The van der Waals surface area contributed by atoms with Crippen LogP contribution in [0.15, 0.2) is 66.7 Å². The highest BCUT2D eigenvalue weighted by atomic mass is 19.1. The second-order valence-corrected chi connectivity index (χ2v) is 9.99. The van der Waals surface area contributed by atoms with Gasteiger partial charge in [0.05, 0.1) is 0 Å². The minimum atomic E-state index is -0.0670. The zero-order valence-electron chi connectivity index (χ0n) is 20.5. The Balaban J connectivity index is 1.38. The molecule has 1 heteroatoms. The van der Waals surface area contributed by atoms with Crippen LogP contribution in [0.4, 0.5) is 4.39 Å². The summed E-state index contributed by atoms with van der Waals surface area (Å²) in [7, 11) is 0. The van der Waals surface area contributed by atoms with Gasteiger partial charge in [-0.2, -0.15) is 0 Å². The van der Waals surface area contributed by atoms with Crippen LogP contribution in [0, 0.1) is 17.7 Å². The monoisotopic (exact) mass is 442 g/mol. The zero-order chi connectivity index (χ0) is 23.0. The van der Waals surface area contributed by atoms with Crippen LogP contribution in [0.5, 0.6) is 0 Å². The molecule has 0 amide bonds. The van der Waals surface area contributed by atoms with Crippen LogP contribution in [0.3, 0.4) is 0 Å². The number of fused-ring (bicyclic) bond motifs is 1. The SMILES string of the molecule is C/C=C/CCc1ccc2cc(-c3ccc(CCC4CCC(CCC)CC4)cc3)ccc2c1F. The number of aryl methyl sites for hydroxylation is 2. The summed E-state index contributed by atoms with van der Waals surface area (Å²) in [5.74, 6) is 1.84. The minimum absolute atomic E-state index is 0.0670. The molecule has 174 valence electrons. The maximum Gasteiger partial charge on any atom is 0.134 e. The number of rotatable bonds is 9. The van der Waals surface area contributed by atoms with E-state index < -0.39 is 0 Å². The number of allylic oxidation sites excluding steroid dienone is 2. The van der Waals surface area contributed by atoms with E-state index in [1.807, 2.05) is 25.1 Å². The van der Waals surface area contributed by atoms with Gasteiger partial charge in [0.1, 0.15) is 5.82 Å². The van der Waals surface area contributed by atoms with Crippen LogP contribution in [0.2, 0.25) is 0 Å². The summed E-state index contributed by atoms with van der Waals surface area (Å²) in [4.78, 5) is 0. The lowest BCUT2D eigenvalue weighted by atomic mass is 9.78. The highest BCUT2D eigenvalue weighted by Gasteiger charge is 2.20. The second-order valence-electron chi connectivity index (χ2n) is 9.99. The van der Waals surface area contributed by atoms with Gasteiger partial charge >= 0.3 is 0 Å². The van der Waals surface area contributed by atoms with Gasteiger partial charge < -0.3 is 0 Å². The molecule has 4 rings (SSSR count). The van der Waals surface area contributed by atoms with E-state index in [1.165, 1.54) is 62.5 Å². The lowest BCUT2D eigenvalue weighted by Gasteiger charge is -2.28. The number of hydrogen-bond donors (Lipinski definition) is 0. The number of benzene rings is 3. The molecule has 0 N–H and O–H groups in total. The van der Waals surface area contributed by atoms with E-state index in [-0.39, 0.29) is 5.82 Å². The summed E-state index contributed by atoms with van der Waals surface area (Å²) in [6.45, 7) is 4.32. The van der Waals surface area contributed by atoms with E-state index in [0.717, 1.165) is 46.6 Å². The van der Waals surface area contributed by atoms with Gasteiger partial charge in [0.2, 0.25) is 0 Å². The number of halogens is 1. The van der Waals surface area contributed by atoms with Crippen molar-refractivity contribution in [2.45, 2.75) is 78.1 Å². The predicted octanol–water partition coefficient (Wildman–Crippen LogP) is 9.69. The van der Waals surface area contributed by atoms with Gasteiger partial charge in [-0.15, -0.1) is 0 Å². The topological polar surface area (TPSA) is 0 Å². The van der Waals surface area contributed by atoms with E-state index in [4.69, 9.17) is 0 Å². The summed E-state index contributed by atoms with van der Waals surface area (Å²) in [5, 5.41) is 1.70. The van der Waals surface area contributed by atoms with Crippen LogP contribution in [0.1, 0.15) is 76.3 Å². The summed E-state index contributed by atoms with van der Waals surface area (Å²) < 4.78 is 15.0. The molecule has 0 spiro atoms. The molecule has 3 aromatic rings. The Bertz CT molecular complexity index is 1050. The van der Waals surface area contributed by atoms with Crippen molar-refractivity contribution in [2.75, 3.05) is 0 Å². The van der Waals surface area contributed by atoms with Crippen LogP contribution in [-0.4, -0.2) is 0 Å². The van der Waals surface area contributed by atoms with Crippen LogP contribution >= 0.6 is 0 Å². The Morgan fingerprint density at radius 3 is 2.21 bits per heavy atom. The molecule has 1 saturated carbocycles. The van der Waals surface area contributed by atoms with Crippen LogP contribution < -0.4 is 0 Å². The molecule has 0 heterocycles. The molecule has 33 heavy (non-hydrogen) atoms. The predicted molar refractivity (Wildman–Crippen MR) is 141 cm³/mol. The van der Waals surface area contributed by atoms with Gasteiger partial charge in [0, 0.05) is 5.39 Å². The molecule has 0 atom stereocenters. The van der Waals surface area contributed by atoms with Crippen molar-refractivity contribution in [2.24, 2.45) is 11.8 Å². The van der Waals surface area contributed by atoms with E-state index in [2.05, 4.69) is 55.5 Å². The quantitative estimate of drug-likeness (QED) is 0.289. The molecule has 0 saturated heterocycles. The van der Waals surface area contributed by atoms with Crippen molar-refractivity contribution >= 4 is 10.8 Å². The fourth-order valence-corrected chi connectivity index (χ4v) is 5.57. The Kier molecular flexibility index (Phi) is 8.37. The smallest absolute Gasteiger partial charge is 0.134 e. The molecule has 1 fully saturated rings. The third-order valence-corrected chi connectivity index (χ3v) is 7.64. The van der Waals surface area contributed by atoms with Gasteiger partial charge in [0.15, 0.2) is 0 Å². The highest BCUT2D eigenvalue weighted by Crippen LogP contribution is 2.34. The summed E-state index contributed by atoms with van der Waals surface area (Å²) in [5.41, 5.74) is 4.60.